The molecule has 8 heteroatoms. The maximum atomic E-state index is 12.3. The van der Waals surface area contributed by atoms with E-state index in [9.17, 15) is 19.8 Å². The van der Waals surface area contributed by atoms with Crippen LogP contribution in [0, 0.1) is 5.41 Å². The molecule has 2 aliphatic heterocycles. The number of nitrogens with zero attached hydrogens (tertiary/aromatic N) is 1. The maximum absolute atomic E-state index is 12.3. The van der Waals surface area contributed by atoms with E-state index in [2.05, 4.69) is 27.3 Å². The van der Waals surface area contributed by atoms with E-state index in [1.807, 2.05) is 6.07 Å². The van der Waals surface area contributed by atoms with E-state index in [-0.39, 0.29) is 12.4 Å². The molecule has 0 bridgehead atoms. The zero-order chi connectivity index (χ0) is 19.5. The van der Waals surface area contributed by atoms with Crippen molar-refractivity contribution < 1.29 is 15.0 Å². The van der Waals surface area contributed by atoms with Gasteiger partial charge in [-0.05, 0) is 43.4 Å². The number of H-pyrrole nitrogens is 1. The number of aromatic nitrogens is 1. The largest absolute Gasteiger partial charge is 0.506 e. The second kappa shape index (κ2) is 7.07. The number of anilines is 1. The molecule has 29 heavy (non-hydrogen) atoms. The molecule has 3 aliphatic rings. The number of rotatable bonds is 2. The average Bonchev–Trinajstić information content (AvgIpc) is 3.01. The fourth-order valence-electron chi connectivity index (χ4n) is 4.91. The fraction of sp³-hybridized carbons (Fsp3) is 0.429. The van der Waals surface area contributed by atoms with Crippen LogP contribution in [-0.2, 0) is 12.8 Å². The summed E-state index contributed by atoms with van der Waals surface area (Å²) < 4.78 is 0. The minimum atomic E-state index is -1.41. The van der Waals surface area contributed by atoms with Gasteiger partial charge in [-0.3, -0.25) is 4.79 Å². The molecule has 0 saturated carbocycles. The molecular formula is C21H24ClN3O4. The summed E-state index contributed by atoms with van der Waals surface area (Å²) in [6.45, 7) is 4.30. The third-order valence-corrected chi connectivity index (χ3v) is 6.54. The highest BCUT2D eigenvalue weighted by molar-refractivity contribution is 5.92. The highest BCUT2D eigenvalue weighted by atomic mass is 35.5. The molecule has 2 aromatic rings. The number of hydrogen-bond donors (Lipinski definition) is 4. The first-order valence-corrected chi connectivity index (χ1v) is 9.78. The average molecular weight is 418 g/mol. The summed E-state index contributed by atoms with van der Waals surface area (Å²) in [6.07, 6.45) is 3.35. The molecule has 1 spiro atoms. The van der Waals surface area contributed by atoms with Gasteiger partial charge in [-0.25, -0.2) is 4.79 Å². The Labute approximate surface area is 174 Å². The van der Waals surface area contributed by atoms with E-state index in [1.165, 1.54) is 12.1 Å². The van der Waals surface area contributed by atoms with Crippen molar-refractivity contribution in [3.05, 3.63) is 45.2 Å². The predicted molar refractivity (Wildman–Crippen MR) is 113 cm³/mol. The van der Waals surface area contributed by atoms with Crippen LogP contribution >= 0.6 is 12.4 Å². The predicted octanol–water partition coefficient (Wildman–Crippen LogP) is 2.16. The molecule has 0 unspecified atom stereocenters. The monoisotopic (exact) mass is 417 g/mol. The Morgan fingerprint density at radius 3 is 2.66 bits per heavy atom. The van der Waals surface area contributed by atoms with E-state index >= 15 is 0 Å². The lowest BCUT2D eigenvalue weighted by Gasteiger charge is -2.39. The number of nitrogens with one attached hydrogen (secondary N) is 2. The minimum absolute atomic E-state index is 0. The van der Waals surface area contributed by atoms with Gasteiger partial charge in [0.05, 0.1) is 5.69 Å². The molecule has 0 radical (unpaired) electrons. The van der Waals surface area contributed by atoms with Gasteiger partial charge in [-0.2, -0.15) is 0 Å². The first-order valence-electron chi connectivity index (χ1n) is 9.78. The number of pyridine rings is 1. The summed E-state index contributed by atoms with van der Waals surface area (Å²) in [5.41, 5.74) is 3.34. The summed E-state index contributed by atoms with van der Waals surface area (Å²) in [7, 11) is 0. The molecule has 1 aliphatic carbocycles. The number of aromatic carboxylic acids is 1. The molecule has 4 N–H and O–H groups in total. The summed E-state index contributed by atoms with van der Waals surface area (Å²) in [6, 6.07) is 6.25. The number of hydrogen-bond acceptors (Lipinski definition) is 5. The van der Waals surface area contributed by atoms with Crippen LogP contribution in [0.25, 0.3) is 11.3 Å². The number of fused-ring (bicyclic) bond motifs is 3. The molecule has 2 saturated heterocycles. The van der Waals surface area contributed by atoms with Crippen LogP contribution in [0.1, 0.15) is 34.3 Å². The van der Waals surface area contributed by atoms with Crippen molar-refractivity contribution in [2.24, 2.45) is 5.41 Å². The van der Waals surface area contributed by atoms with Crippen molar-refractivity contribution >= 4 is 24.1 Å². The van der Waals surface area contributed by atoms with Crippen LogP contribution in [0.3, 0.4) is 0 Å². The van der Waals surface area contributed by atoms with Gasteiger partial charge in [0, 0.05) is 48.4 Å². The normalized spacial score (nSPS) is 19.0. The van der Waals surface area contributed by atoms with E-state index in [1.54, 1.807) is 0 Å². The van der Waals surface area contributed by atoms with Crippen LogP contribution in [0.4, 0.5) is 5.69 Å². The number of carbonyl (C=O) groups is 1. The Hall–Kier alpha value is -2.51. The topological polar surface area (TPSA) is 106 Å². The molecule has 1 aromatic heterocycles. The lowest BCUT2D eigenvalue weighted by molar-refractivity contribution is 0.0691. The first kappa shape index (κ1) is 19.8. The summed E-state index contributed by atoms with van der Waals surface area (Å²) in [5.74, 6) is -1.81. The second-order valence-corrected chi connectivity index (χ2v) is 8.31. The fourth-order valence-corrected chi connectivity index (χ4v) is 4.91. The third kappa shape index (κ3) is 3.09. The van der Waals surface area contributed by atoms with E-state index in [4.69, 9.17) is 0 Å². The number of carboxylic acid groups (broad SMARTS) is 1. The molecule has 5 rings (SSSR count). The van der Waals surface area contributed by atoms with Crippen LogP contribution in [0.5, 0.6) is 5.75 Å². The number of carboxylic acids is 1. The standard InChI is InChI=1S/C21H23N3O4.ClH/c25-18-15-3-1-2-12-8-13(24-7-6-21(11-24)9-22-10-21)4-5-14(12)17(15)23-19(26)16(18)20(27)28;/h4-5,8,22H,1-3,6-7,9-11H2,(H,27,28)(H2,23,25,26);1H. The van der Waals surface area contributed by atoms with Gasteiger partial charge < -0.3 is 25.4 Å². The Kier molecular flexibility index (Phi) is 4.83. The van der Waals surface area contributed by atoms with Crippen LogP contribution < -0.4 is 15.8 Å². The van der Waals surface area contributed by atoms with Crippen molar-refractivity contribution in [2.75, 3.05) is 31.1 Å². The highest BCUT2D eigenvalue weighted by Crippen LogP contribution is 2.40. The Bertz CT molecular complexity index is 1040. The minimum Gasteiger partial charge on any atom is -0.506 e. The highest BCUT2D eigenvalue weighted by Gasteiger charge is 2.43. The number of aryl methyl sites for hydroxylation is 1. The van der Waals surface area contributed by atoms with Crippen molar-refractivity contribution in [2.45, 2.75) is 25.7 Å². The van der Waals surface area contributed by atoms with Crippen molar-refractivity contribution in [1.29, 1.82) is 0 Å². The van der Waals surface area contributed by atoms with Gasteiger partial charge in [-0.1, -0.05) is 6.07 Å². The molecule has 154 valence electrons. The lowest BCUT2D eigenvalue weighted by Crippen LogP contribution is -2.54. The quantitative estimate of drug-likeness (QED) is 0.596. The van der Waals surface area contributed by atoms with E-state index in [0.717, 1.165) is 50.1 Å². The van der Waals surface area contributed by atoms with Gasteiger partial charge in [0.25, 0.3) is 5.56 Å². The summed E-state index contributed by atoms with van der Waals surface area (Å²) in [4.78, 5) is 28.7. The van der Waals surface area contributed by atoms with Gasteiger partial charge in [-0.15, -0.1) is 12.4 Å². The Morgan fingerprint density at radius 2 is 2.00 bits per heavy atom. The zero-order valence-corrected chi connectivity index (χ0v) is 16.8. The second-order valence-electron chi connectivity index (χ2n) is 8.31. The number of aromatic amines is 1. The van der Waals surface area contributed by atoms with E-state index in [0.29, 0.717) is 23.1 Å². The summed E-state index contributed by atoms with van der Waals surface area (Å²) in [5, 5.41) is 23.1. The van der Waals surface area contributed by atoms with Gasteiger partial charge in [0.15, 0.2) is 5.56 Å². The molecule has 2 fully saturated rings. The SMILES string of the molecule is Cl.O=C(O)c1c(O)c2c([nH]c1=O)-c1ccc(N3CCC4(CNC4)C3)cc1CCC2. The molecule has 1 aromatic carbocycles. The lowest BCUT2D eigenvalue weighted by atomic mass is 9.81. The first-order chi connectivity index (χ1) is 13.5. The molecular weight excluding hydrogens is 394 g/mol. The number of benzene rings is 1. The molecule has 3 heterocycles. The van der Waals surface area contributed by atoms with Crippen LogP contribution in [-0.4, -0.2) is 47.3 Å². The van der Waals surface area contributed by atoms with Crippen LogP contribution in [0.15, 0.2) is 23.0 Å². The Morgan fingerprint density at radius 1 is 1.21 bits per heavy atom. The van der Waals surface area contributed by atoms with Crippen LogP contribution in [0.2, 0.25) is 0 Å². The van der Waals surface area contributed by atoms with Crippen molar-refractivity contribution in [3.63, 3.8) is 0 Å². The number of aromatic hydroxyl groups is 1. The molecule has 0 atom stereocenters. The van der Waals surface area contributed by atoms with Gasteiger partial charge >= 0.3 is 5.97 Å². The van der Waals surface area contributed by atoms with Crippen molar-refractivity contribution in [3.8, 4) is 17.0 Å². The number of halogens is 1. The van der Waals surface area contributed by atoms with E-state index < -0.39 is 22.8 Å². The molecule has 0 amide bonds. The summed E-state index contributed by atoms with van der Waals surface area (Å²) >= 11 is 0. The third-order valence-electron chi connectivity index (χ3n) is 6.54. The maximum Gasteiger partial charge on any atom is 0.345 e. The van der Waals surface area contributed by atoms with Crippen molar-refractivity contribution in [1.82, 2.24) is 10.3 Å². The Balaban J connectivity index is 0.00000205. The van der Waals surface area contributed by atoms with Gasteiger partial charge in [0.2, 0.25) is 0 Å². The molecule has 7 nitrogen and oxygen atoms in total. The van der Waals surface area contributed by atoms with Gasteiger partial charge in [0.1, 0.15) is 5.75 Å². The zero-order valence-electron chi connectivity index (χ0n) is 16.0. The smallest absolute Gasteiger partial charge is 0.345 e.